The monoisotopic (exact) mass is 361 g/mol. The van der Waals surface area contributed by atoms with E-state index in [1.807, 2.05) is 25.1 Å². The molecule has 0 aliphatic rings. The minimum absolute atomic E-state index is 0.0887. The van der Waals surface area contributed by atoms with Gasteiger partial charge in [0.2, 0.25) is 15.9 Å². The predicted molar refractivity (Wildman–Crippen MR) is 98.7 cm³/mol. The number of rotatable bonds is 8. The topological polar surface area (TPSA) is 79.4 Å². The van der Waals surface area contributed by atoms with Crippen molar-refractivity contribution in [2.45, 2.75) is 26.3 Å². The maximum Gasteiger partial charge on any atom is 0.232 e. The summed E-state index contributed by atoms with van der Waals surface area (Å²) in [6.07, 6.45) is 5.31. The lowest BCUT2D eigenvalue weighted by Gasteiger charge is -2.24. The fourth-order valence-corrected chi connectivity index (χ4v) is 3.47. The Balaban J connectivity index is 2.02. The average molecular weight is 361 g/mol. The van der Waals surface area contributed by atoms with Gasteiger partial charge in [-0.3, -0.25) is 14.1 Å². The Morgan fingerprint density at radius 1 is 1.20 bits per heavy atom. The highest BCUT2D eigenvalue weighted by atomic mass is 32.2. The molecule has 6 nitrogen and oxygen atoms in total. The van der Waals surface area contributed by atoms with Gasteiger partial charge in [-0.15, -0.1) is 0 Å². The normalized spacial score (nSPS) is 11.1. The van der Waals surface area contributed by atoms with Crippen molar-refractivity contribution in [3.05, 3.63) is 59.9 Å². The minimum Gasteiger partial charge on any atom is -0.352 e. The molecule has 0 fully saturated rings. The largest absolute Gasteiger partial charge is 0.352 e. The highest BCUT2D eigenvalue weighted by Crippen LogP contribution is 2.23. The number of carbonyl (C=O) groups is 1. The van der Waals surface area contributed by atoms with Crippen LogP contribution in [0.3, 0.4) is 0 Å². The number of aromatic nitrogens is 1. The number of hydrogen-bond acceptors (Lipinski definition) is 4. The number of nitrogens with zero attached hydrogens (tertiary/aromatic N) is 2. The van der Waals surface area contributed by atoms with Crippen LogP contribution in [-0.2, 0) is 27.8 Å². The molecule has 134 valence electrons. The van der Waals surface area contributed by atoms with E-state index < -0.39 is 10.0 Å². The van der Waals surface area contributed by atoms with E-state index in [0.29, 0.717) is 12.2 Å². The van der Waals surface area contributed by atoms with E-state index in [2.05, 4.69) is 10.3 Å². The number of benzene rings is 1. The second kappa shape index (κ2) is 8.62. The Bertz CT molecular complexity index is 807. The molecule has 0 saturated heterocycles. The third kappa shape index (κ3) is 5.56. The maximum atomic E-state index is 12.2. The van der Waals surface area contributed by atoms with Crippen molar-refractivity contribution in [1.29, 1.82) is 0 Å². The summed E-state index contributed by atoms with van der Waals surface area (Å²) in [6.45, 7) is 2.45. The molecule has 25 heavy (non-hydrogen) atoms. The Kier molecular flexibility index (Phi) is 6.52. The SMILES string of the molecule is CCc1ccccc1N(CCC(=O)NCc1cccnc1)S(C)(=O)=O. The first-order valence-corrected chi connectivity index (χ1v) is 9.98. The molecule has 2 rings (SSSR count). The van der Waals surface area contributed by atoms with Crippen LogP contribution in [0.25, 0.3) is 0 Å². The summed E-state index contributed by atoms with van der Waals surface area (Å²) in [5.74, 6) is -0.202. The van der Waals surface area contributed by atoms with Crippen molar-refractivity contribution < 1.29 is 13.2 Å². The first-order chi connectivity index (χ1) is 11.9. The molecule has 0 spiro atoms. The molecule has 0 unspecified atom stereocenters. The first-order valence-electron chi connectivity index (χ1n) is 8.13. The molecular formula is C18H23N3O3S. The van der Waals surface area contributed by atoms with Crippen molar-refractivity contribution in [3.8, 4) is 0 Å². The van der Waals surface area contributed by atoms with Crippen LogP contribution in [-0.4, -0.2) is 32.1 Å². The Labute approximate surface area is 148 Å². The highest BCUT2D eigenvalue weighted by Gasteiger charge is 2.20. The van der Waals surface area contributed by atoms with Gasteiger partial charge in [0.25, 0.3) is 0 Å². The molecule has 2 aromatic rings. The van der Waals surface area contributed by atoms with Crippen LogP contribution >= 0.6 is 0 Å². The lowest BCUT2D eigenvalue weighted by Crippen LogP contribution is -2.35. The average Bonchev–Trinajstić information content (AvgIpc) is 2.60. The summed E-state index contributed by atoms with van der Waals surface area (Å²) in [6, 6.07) is 11.0. The molecule has 1 aromatic heterocycles. The third-order valence-corrected chi connectivity index (χ3v) is 4.98. The van der Waals surface area contributed by atoms with E-state index in [1.165, 1.54) is 4.31 Å². The maximum absolute atomic E-state index is 12.2. The van der Waals surface area contributed by atoms with E-state index in [9.17, 15) is 13.2 Å². The first kappa shape index (κ1) is 18.9. The second-order valence-electron chi connectivity index (χ2n) is 5.71. The Hall–Kier alpha value is -2.41. The van der Waals surface area contributed by atoms with Gasteiger partial charge in [0.15, 0.2) is 0 Å². The van der Waals surface area contributed by atoms with Crippen LogP contribution in [0.1, 0.15) is 24.5 Å². The predicted octanol–water partition coefficient (Wildman–Crippen LogP) is 2.12. The zero-order valence-electron chi connectivity index (χ0n) is 14.5. The van der Waals surface area contributed by atoms with E-state index in [1.54, 1.807) is 30.6 Å². The molecule has 1 heterocycles. The van der Waals surface area contributed by atoms with Gasteiger partial charge in [-0.05, 0) is 29.7 Å². The summed E-state index contributed by atoms with van der Waals surface area (Å²) < 4.78 is 25.7. The number of hydrogen-bond donors (Lipinski definition) is 1. The Morgan fingerprint density at radius 2 is 1.96 bits per heavy atom. The van der Waals surface area contributed by atoms with Crippen molar-refractivity contribution >= 4 is 21.6 Å². The fraction of sp³-hybridized carbons (Fsp3) is 0.333. The standard InChI is InChI=1S/C18H23N3O3S/c1-3-16-8-4-5-9-17(16)21(25(2,23)24)12-10-18(22)20-14-15-7-6-11-19-13-15/h4-9,11,13H,3,10,12,14H2,1-2H3,(H,20,22). The van der Waals surface area contributed by atoms with E-state index in [-0.39, 0.29) is 18.9 Å². The van der Waals surface area contributed by atoms with Crippen LogP contribution in [0, 0.1) is 0 Å². The lowest BCUT2D eigenvalue weighted by molar-refractivity contribution is -0.121. The van der Waals surface area contributed by atoms with E-state index in [4.69, 9.17) is 0 Å². The number of pyridine rings is 1. The molecule has 1 amide bonds. The van der Waals surface area contributed by atoms with Gasteiger partial charge in [-0.25, -0.2) is 8.42 Å². The molecule has 7 heteroatoms. The summed E-state index contributed by atoms with van der Waals surface area (Å²) in [5.41, 5.74) is 2.46. The molecule has 1 aromatic carbocycles. The molecule has 0 aliphatic carbocycles. The number of aryl methyl sites for hydroxylation is 1. The molecular weight excluding hydrogens is 338 g/mol. The quantitative estimate of drug-likeness (QED) is 0.781. The van der Waals surface area contributed by atoms with Crippen LogP contribution < -0.4 is 9.62 Å². The highest BCUT2D eigenvalue weighted by molar-refractivity contribution is 7.92. The van der Waals surface area contributed by atoms with Gasteiger partial charge < -0.3 is 5.32 Å². The molecule has 1 N–H and O–H groups in total. The molecule has 0 atom stereocenters. The van der Waals surface area contributed by atoms with Crippen LogP contribution in [0.2, 0.25) is 0 Å². The third-order valence-electron chi connectivity index (χ3n) is 3.80. The minimum atomic E-state index is -3.47. The molecule has 0 aliphatic heterocycles. The van der Waals surface area contributed by atoms with Gasteiger partial charge >= 0.3 is 0 Å². The van der Waals surface area contributed by atoms with E-state index >= 15 is 0 Å². The van der Waals surface area contributed by atoms with Crippen molar-refractivity contribution in [3.63, 3.8) is 0 Å². The fourth-order valence-electron chi connectivity index (χ4n) is 2.51. The summed E-state index contributed by atoms with van der Waals surface area (Å²) in [7, 11) is -3.47. The number of carbonyl (C=O) groups excluding carboxylic acids is 1. The van der Waals surface area contributed by atoms with Gasteiger partial charge in [-0.2, -0.15) is 0 Å². The number of sulfonamides is 1. The van der Waals surface area contributed by atoms with Crippen LogP contribution in [0.15, 0.2) is 48.8 Å². The van der Waals surface area contributed by atoms with E-state index in [0.717, 1.165) is 23.8 Å². The smallest absolute Gasteiger partial charge is 0.232 e. The molecule has 0 saturated carbocycles. The van der Waals surface area contributed by atoms with Gasteiger partial charge in [-0.1, -0.05) is 31.2 Å². The summed E-state index contributed by atoms with van der Waals surface area (Å²) in [5, 5.41) is 2.79. The second-order valence-corrected chi connectivity index (χ2v) is 7.61. The van der Waals surface area contributed by atoms with Gasteiger partial charge in [0.1, 0.15) is 0 Å². The zero-order chi connectivity index (χ0) is 18.3. The lowest BCUT2D eigenvalue weighted by atomic mass is 10.1. The van der Waals surface area contributed by atoms with Gasteiger partial charge in [0, 0.05) is 31.9 Å². The van der Waals surface area contributed by atoms with Crippen molar-refractivity contribution in [1.82, 2.24) is 10.3 Å². The molecule has 0 bridgehead atoms. The number of amides is 1. The number of anilines is 1. The summed E-state index contributed by atoms with van der Waals surface area (Å²) in [4.78, 5) is 16.1. The zero-order valence-corrected chi connectivity index (χ0v) is 15.3. The van der Waals surface area contributed by atoms with Crippen LogP contribution in [0.5, 0.6) is 0 Å². The van der Waals surface area contributed by atoms with Crippen LogP contribution in [0.4, 0.5) is 5.69 Å². The number of nitrogens with one attached hydrogen (secondary N) is 1. The summed E-state index contributed by atoms with van der Waals surface area (Å²) >= 11 is 0. The van der Waals surface area contributed by atoms with Gasteiger partial charge in [0.05, 0.1) is 11.9 Å². The van der Waals surface area contributed by atoms with Crippen molar-refractivity contribution in [2.24, 2.45) is 0 Å². The number of para-hydroxylation sites is 1. The van der Waals surface area contributed by atoms with Crippen molar-refractivity contribution in [2.75, 3.05) is 17.1 Å². The molecule has 0 radical (unpaired) electrons. The Morgan fingerprint density at radius 3 is 2.60 bits per heavy atom.